The number of nitrogens with zero attached hydrogens (tertiary/aromatic N) is 2. The molecule has 2 rings (SSSR count). The Morgan fingerprint density at radius 3 is 2.68 bits per heavy atom. The highest BCUT2D eigenvalue weighted by atomic mass is 32.1. The zero-order chi connectivity index (χ0) is 14.0. The zero-order valence-electron chi connectivity index (χ0n) is 12.0. The third kappa shape index (κ3) is 2.98. The lowest BCUT2D eigenvalue weighted by atomic mass is 9.83. The number of thiazole rings is 1. The predicted octanol–water partition coefficient (Wildman–Crippen LogP) is 2.35. The average Bonchev–Trinajstić information content (AvgIpc) is 2.76. The van der Waals surface area contributed by atoms with Crippen molar-refractivity contribution in [2.45, 2.75) is 45.6 Å². The molecule has 1 aliphatic carbocycles. The second-order valence-electron chi connectivity index (χ2n) is 5.41. The van der Waals surface area contributed by atoms with Gasteiger partial charge in [0.2, 0.25) is 0 Å². The number of amides is 1. The van der Waals surface area contributed by atoms with Gasteiger partial charge in [0.15, 0.2) is 0 Å². The summed E-state index contributed by atoms with van der Waals surface area (Å²) in [4.78, 5) is 19.6. The molecule has 1 fully saturated rings. The van der Waals surface area contributed by atoms with Gasteiger partial charge in [0.1, 0.15) is 4.88 Å². The predicted molar refractivity (Wildman–Crippen MR) is 78.5 cm³/mol. The minimum atomic E-state index is 0.105. The molecule has 2 unspecified atom stereocenters. The Bertz CT molecular complexity index is 458. The van der Waals surface area contributed by atoms with Gasteiger partial charge in [-0.05, 0) is 39.2 Å². The fourth-order valence-corrected chi connectivity index (χ4v) is 3.92. The van der Waals surface area contributed by atoms with E-state index in [1.54, 1.807) is 0 Å². The van der Waals surface area contributed by atoms with E-state index in [9.17, 15) is 4.79 Å². The van der Waals surface area contributed by atoms with Crippen LogP contribution < -0.4 is 5.73 Å². The molecular weight excluding hydrogens is 258 g/mol. The molecular formula is C14H23N3OS. The normalized spacial score (nSPS) is 23.4. The van der Waals surface area contributed by atoms with E-state index in [2.05, 4.69) is 4.98 Å². The number of aryl methyl sites for hydroxylation is 2. The number of rotatable bonds is 3. The van der Waals surface area contributed by atoms with E-state index in [4.69, 9.17) is 5.73 Å². The van der Waals surface area contributed by atoms with E-state index in [-0.39, 0.29) is 11.9 Å². The lowest BCUT2D eigenvalue weighted by molar-refractivity contribution is 0.0624. The SMILES string of the molecule is Cc1nc(C)c(C(=O)N(C)C2CCCCC2CN)s1. The Kier molecular flexibility index (Phi) is 4.58. The third-order valence-electron chi connectivity index (χ3n) is 4.09. The minimum absolute atomic E-state index is 0.105. The minimum Gasteiger partial charge on any atom is -0.338 e. The third-order valence-corrected chi connectivity index (χ3v) is 5.15. The van der Waals surface area contributed by atoms with Gasteiger partial charge in [0.25, 0.3) is 5.91 Å². The van der Waals surface area contributed by atoms with Crippen LogP contribution in [0.15, 0.2) is 0 Å². The van der Waals surface area contributed by atoms with Crippen molar-refractivity contribution in [3.63, 3.8) is 0 Å². The second kappa shape index (κ2) is 6.01. The summed E-state index contributed by atoms with van der Waals surface area (Å²) < 4.78 is 0. The molecule has 0 bridgehead atoms. The van der Waals surface area contributed by atoms with Gasteiger partial charge in [-0.1, -0.05) is 12.8 Å². The summed E-state index contributed by atoms with van der Waals surface area (Å²) in [6.45, 7) is 4.52. The molecule has 19 heavy (non-hydrogen) atoms. The molecule has 0 radical (unpaired) electrons. The average molecular weight is 281 g/mol. The Morgan fingerprint density at radius 1 is 1.42 bits per heavy atom. The molecule has 1 saturated carbocycles. The molecule has 2 N–H and O–H groups in total. The van der Waals surface area contributed by atoms with Gasteiger partial charge in [-0.25, -0.2) is 4.98 Å². The first-order valence-electron chi connectivity index (χ1n) is 6.95. The van der Waals surface area contributed by atoms with Crippen molar-refractivity contribution < 1.29 is 4.79 Å². The lowest BCUT2D eigenvalue weighted by Gasteiger charge is -2.37. The molecule has 1 aromatic heterocycles. The zero-order valence-corrected chi connectivity index (χ0v) is 12.8. The van der Waals surface area contributed by atoms with E-state index < -0.39 is 0 Å². The van der Waals surface area contributed by atoms with Gasteiger partial charge >= 0.3 is 0 Å². The van der Waals surface area contributed by atoms with E-state index >= 15 is 0 Å². The highest BCUT2D eigenvalue weighted by molar-refractivity contribution is 7.13. The standard InChI is InChI=1S/C14H23N3OS/c1-9-13(19-10(2)16-9)14(18)17(3)12-7-5-4-6-11(12)8-15/h11-12H,4-8,15H2,1-3H3. The van der Waals surface area contributed by atoms with Crippen LogP contribution in [-0.2, 0) is 0 Å². The molecule has 5 heteroatoms. The van der Waals surface area contributed by atoms with Crippen molar-refractivity contribution in [2.24, 2.45) is 11.7 Å². The summed E-state index contributed by atoms with van der Waals surface area (Å²) in [5.41, 5.74) is 6.70. The van der Waals surface area contributed by atoms with Gasteiger partial charge in [-0.2, -0.15) is 0 Å². The van der Waals surface area contributed by atoms with Crippen molar-refractivity contribution in [3.8, 4) is 0 Å². The first-order valence-corrected chi connectivity index (χ1v) is 7.77. The number of carbonyl (C=O) groups is 1. The summed E-state index contributed by atoms with van der Waals surface area (Å²) in [7, 11) is 1.91. The highest BCUT2D eigenvalue weighted by Crippen LogP contribution is 2.29. The van der Waals surface area contributed by atoms with Crippen LogP contribution in [0.2, 0.25) is 0 Å². The van der Waals surface area contributed by atoms with E-state index in [0.29, 0.717) is 12.5 Å². The van der Waals surface area contributed by atoms with Crippen LogP contribution in [0, 0.1) is 19.8 Å². The number of hydrogen-bond acceptors (Lipinski definition) is 4. The van der Waals surface area contributed by atoms with Crippen LogP contribution in [0.3, 0.4) is 0 Å². The smallest absolute Gasteiger partial charge is 0.265 e. The van der Waals surface area contributed by atoms with Crippen LogP contribution in [-0.4, -0.2) is 35.4 Å². The molecule has 0 aromatic carbocycles. The fraction of sp³-hybridized carbons (Fsp3) is 0.714. The topological polar surface area (TPSA) is 59.2 Å². The molecule has 2 atom stereocenters. The van der Waals surface area contributed by atoms with Gasteiger partial charge < -0.3 is 10.6 Å². The van der Waals surface area contributed by atoms with Gasteiger partial charge in [-0.3, -0.25) is 4.79 Å². The largest absolute Gasteiger partial charge is 0.338 e. The lowest BCUT2D eigenvalue weighted by Crippen LogP contribution is -2.45. The molecule has 1 heterocycles. The Morgan fingerprint density at radius 2 is 2.11 bits per heavy atom. The van der Waals surface area contributed by atoms with E-state index in [1.165, 1.54) is 24.2 Å². The summed E-state index contributed by atoms with van der Waals surface area (Å²) >= 11 is 1.49. The number of aromatic nitrogens is 1. The fourth-order valence-electron chi connectivity index (χ4n) is 3.01. The van der Waals surface area contributed by atoms with Crippen molar-refractivity contribution in [1.82, 2.24) is 9.88 Å². The molecule has 4 nitrogen and oxygen atoms in total. The van der Waals surface area contributed by atoms with Gasteiger partial charge in [0, 0.05) is 13.1 Å². The molecule has 0 saturated heterocycles. The summed E-state index contributed by atoms with van der Waals surface area (Å²) in [6, 6.07) is 0.285. The molecule has 0 spiro atoms. The quantitative estimate of drug-likeness (QED) is 0.925. The number of hydrogen-bond donors (Lipinski definition) is 1. The highest BCUT2D eigenvalue weighted by Gasteiger charge is 2.31. The maximum Gasteiger partial charge on any atom is 0.265 e. The Hall–Kier alpha value is -0.940. The Labute approximate surface area is 119 Å². The number of nitrogens with two attached hydrogens (primary N) is 1. The maximum atomic E-state index is 12.6. The van der Waals surface area contributed by atoms with Gasteiger partial charge in [-0.15, -0.1) is 11.3 Å². The van der Waals surface area contributed by atoms with Crippen LogP contribution >= 0.6 is 11.3 Å². The van der Waals surface area contributed by atoms with Crippen molar-refractivity contribution in [1.29, 1.82) is 0 Å². The summed E-state index contributed by atoms with van der Waals surface area (Å²) in [5, 5.41) is 0.952. The molecule has 1 aromatic rings. The molecule has 1 amide bonds. The second-order valence-corrected chi connectivity index (χ2v) is 6.61. The van der Waals surface area contributed by atoms with Crippen LogP contribution in [0.4, 0.5) is 0 Å². The molecule has 1 aliphatic rings. The first-order chi connectivity index (χ1) is 9.04. The summed E-state index contributed by atoms with van der Waals surface area (Å²) in [6.07, 6.45) is 4.64. The molecule has 106 valence electrons. The van der Waals surface area contributed by atoms with E-state index in [0.717, 1.165) is 28.4 Å². The monoisotopic (exact) mass is 281 g/mol. The van der Waals surface area contributed by atoms with Crippen molar-refractivity contribution in [3.05, 3.63) is 15.6 Å². The van der Waals surface area contributed by atoms with Crippen LogP contribution in [0.5, 0.6) is 0 Å². The van der Waals surface area contributed by atoms with Crippen LogP contribution in [0.1, 0.15) is 46.1 Å². The first kappa shape index (κ1) is 14.5. The van der Waals surface area contributed by atoms with Gasteiger partial charge in [0.05, 0.1) is 10.7 Å². The molecule has 0 aliphatic heterocycles. The van der Waals surface area contributed by atoms with E-state index in [1.807, 2.05) is 25.8 Å². The van der Waals surface area contributed by atoms with Crippen molar-refractivity contribution >= 4 is 17.2 Å². The van der Waals surface area contributed by atoms with Crippen LogP contribution in [0.25, 0.3) is 0 Å². The summed E-state index contributed by atoms with van der Waals surface area (Å²) in [5.74, 6) is 0.547. The van der Waals surface area contributed by atoms with Crippen molar-refractivity contribution in [2.75, 3.05) is 13.6 Å². The maximum absolute atomic E-state index is 12.6. The Balaban J connectivity index is 2.16. The number of carbonyl (C=O) groups excluding carboxylic acids is 1.